The van der Waals surface area contributed by atoms with Crippen molar-refractivity contribution in [3.05, 3.63) is 42.5 Å². The number of hydrogen-bond donors (Lipinski definition) is 0. The van der Waals surface area contributed by atoms with Crippen LogP contribution in [0.4, 0.5) is 0 Å². The number of unbranched alkanes of at least 4 members (excludes halogenated alkanes) is 15. The average molecular weight is 445 g/mol. The summed E-state index contributed by atoms with van der Waals surface area (Å²) in [5, 5.41) is 0. The van der Waals surface area contributed by atoms with Gasteiger partial charge >= 0.3 is 0 Å². The SMILES string of the molecule is C=CCc1ccccc1O[Si](C)(C)CCCCCCCCCCCCCCCCCC. The molecule has 1 rings (SSSR count). The molecule has 0 radical (unpaired) electrons. The molecule has 0 heterocycles. The van der Waals surface area contributed by atoms with Crippen molar-refractivity contribution in [3.8, 4) is 5.75 Å². The van der Waals surface area contributed by atoms with Crippen molar-refractivity contribution in [2.75, 3.05) is 0 Å². The molecule has 31 heavy (non-hydrogen) atoms. The van der Waals surface area contributed by atoms with Gasteiger partial charge in [-0.3, -0.25) is 0 Å². The van der Waals surface area contributed by atoms with Crippen LogP contribution in [0.2, 0.25) is 19.1 Å². The lowest BCUT2D eigenvalue weighted by atomic mass is 10.0. The van der Waals surface area contributed by atoms with Gasteiger partial charge in [0, 0.05) is 0 Å². The molecule has 0 atom stereocenters. The minimum Gasteiger partial charge on any atom is -0.544 e. The lowest BCUT2D eigenvalue weighted by Crippen LogP contribution is -2.34. The summed E-state index contributed by atoms with van der Waals surface area (Å²) < 4.78 is 6.50. The first kappa shape index (κ1) is 28.0. The van der Waals surface area contributed by atoms with E-state index < -0.39 is 8.32 Å². The molecule has 0 unspecified atom stereocenters. The normalized spacial score (nSPS) is 11.6. The highest BCUT2D eigenvalue weighted by Gasteiger charge is 2.24. The van der Waals surface area contributed by atoms with Crippen molar-refractivity contribution in [1.82, 2.24) is 0 Å². The van der Waals surface area contributed by atoms with Gasteiger partial charge in [-0.1, -0.05) is 134 Å². The number of para-hydroxylation sites is 1. The van der Waals surface area contributed by atoms with Gasteiger partial charge in [0.25, 0.3) is 0 Å². The number of allylic oxidation sites excluding steroid dienone is 1. The van der Waals surface area contributed by atoms with E-state index in [1.807, 2.05) is 6.08 Å². The average Bonchev–Trinajstić information content (AvgIpc) is 2.75. The minimum absolute atomic E-state index is 0.889. The molecule has 0 aliphatic rings. The van der Waals surface area contributed by atoms with Crippen molar-refractivity contribution >= 4 is 8.32 Å². The lowest BCUT2D eigenvalue weighted by molar-refractivity contribution is 0.521. The Kier molecular flexibility index (Phi) is 16.8. The molecule has 0 saturated heterocycles. The predicted molar refractivity (Wildman–Crippen MR) is 143 cm³/mol. The molecular weight excluding hydrogens is 392 g/mol. The standard InChI is InChI=1S/C29H52OSi/c1-5-7-8-9-10-11-12-13-14-15-16-17-18-19-20-23-27-31(3,4)30-29-26-22-21-25-28(29)24-6-2/h6,21-22,25-26H,2,5,7-20,23-24,27H2,1,3-4H3. The van der Waals surface area contributed by atoms with Crippen molar-refractivity contribution in [2.24, 2.45) is 0 Å². The molecule has 0 fully saturated rings. The maximum atomic E-state index is 6.50. The van der Waals surface area contributed by atoms with Gasteiger partial charge in [-0.25, -0.2) is 0 Å². The van der Waals surface area contributed by atoms with Gasteiger partial charge in [0.2, 0.25) is 8.32 Å². The molecule has 1 aromatic rings. The lowest BCUT2D eigenvalue weighted by Gasteiger charge is -2.25. The van der Waals surface area contributed by atoms with E-state index in [1.165, 1.54) is 114 Å². The summed E-state index contributed by atoms with van der Waals surface area (Å²) in [4.78, 5) is 0. The second kappa shape index (κ2) is 18.5. The maximum Gasteiger partial charge on any atom is 0.245 e. The first-order chi connectivity index (χ1) is 15.1. The van der Waals surface area contributed by atoms with Gasteiger partial charge in [0.1, 0.15) is 5.75 Å². The Morgan fingerprint density at radius 1 is 0.710 bits per heavy atom. The number of rotatable bonds is 21. The van der Waals surface area contributed by atoms with Crippen LogP contribution in [0.3, 0.4) is 0 Å². The summed E-state index contributed by atoms with van der Waals surface area (Å²) in [6.45, 7) is 10.9. The quantitative estimate of drug-likeness (QED) is 0.104. The highest BCUT2D eigenvalue weighted by molar-refractivity contribution is 6.71. The van der Waals surface area contributed by atoms with Crippen LogP contribution in [-0.2, 0) is 6.42 Å². The topological polar surface area (TPSA) is 9.23 Å². The fourth-order valence-electron chi connectivity index (χ4n) is 4.38. The Bertz CT molecular complexity index is 551. The van der Waals surface area contributed by atoms with Crippen molar-refractivity contribution in [3.63, 3.8) is 0 Å². The Morgan fingerprint density at radius 2 is 1.16 bits per heavy atom. The molecule has 178 valence electrons. The van der Waals surface area contributed by atoms with Crippen molar-refractivity contribution < 1.29 is 4.43 Å². The summed E-state index contributed by atoms with van der Waals surface area (Å²) in [5.74, 6) is 1.08. The van der Waals surface area contributed by atoms with Gasteiger partial charge in [-0.2, -0.15) is 0 Å². The van der Waals surface area contributed by atoms with E-state index in [0.717, 1.165) is 12.2 Å². The van der Waals surface area contributed by atoms with E-state index in [-0.39, 0.29) is 0 Å². The van der Waals surface area contributed by atoms with Crippen LogP contribution >= 0.6 is 0 Å². The third-order valence-electron chi connectivity index (χ3n) is 6.36. The maximum absolute atomic E-state index is 6.50. The van der Waals surface area contributed by atoms with E-state index in [9.17, 15) is 0 Å². The first-order valence-electron chi connectivity index (χ1n) is 13.5. The van der Waals surface area contributed by atoms with Gasteiger partial charge in [-0.15, -0.1) is 6.58 Å². The van der Waals surface area contributed by atoms with E-state index in [0.29, 0.717) is 0 Å². The van der Waals surface area contributed by atoms with Gasteiger partial charge in [0.05, 0.1) is 0 Å². The fraction of sp³-hybridized carbons (Fsp3) is 0.724. The molecule has 0 spiro atoms. The summed E-state index contributed by atoms with van der Waals surface area (Å²) in [6.07, 6.45) is 25.7. The van der Waals surface area contributed by atoms with Gasteiger partial charge in [0.15, 0.2) is 0 Å². The molecule has 0 aliphatic carbocycles. The smallest absolute Gasteiger partial charge is 0.245 e. The van der Waals surface area contributed by atoms with Crippen LogP contribution in [0, 0.1) is 0 Å². The molecule has 0 amide bonds. The predicted octanol–water partition coefficient (Wildman–Crippen LogP) is 10.3. The molecule has 2 heteroatoms. The zero-order valence-electron chi connectivity index (χ0n) is 21.2. The Labute approximate surface area is 196 Å². The van der Waals surface area contributed by atoms with Crippen LogP contribution in [0.5, 0.6) is 5.75 Å². The summed E-state index contributed by atoms with van der Waals surface area (Å²) in [5.41, 5.74) is 1.27. The first-order valence-corrected chi connectivity index (χ1v) is 16.6. The minimum atomic E-state index is -1.65. The second-order valence-electron chi connectivity index (χ2n) is 10.0. The molecule has 1 nitrogen and oxygen atoms in total. The third kappa shape index (κ3) is 15.4. The Balaban J connectivity index is 1.96. The van der Waals surface area contributed by atoms with Crippen LogP contribution in [-0.4, -0.2) is 8.32 Å². The van der Waals surface area contributed by atoms with Crippen LogP contribution in [0.15, 0.2) is 36.9 Å². The number of hydrogen-bond acceptors (Lipinski definition) is 1. The molecule has 0 N–H and O–H groups in total. The van der Waals surface area contributed by atoms with Gasteiger partial charge < -0.3 is 4.43 Å². The highest BCUT2D eigenvalue weighted by atomic mass is 28.4. The molecule has 0 aromatic heterocycles. The fourth-order valence-corrected chi connectivity index (χ4v) is 6.37. The summed E-state index contributed by atoms with van der Waals surface area (Å²) in [6, 6.07) is 9.72. The number of benzene rings is 1. The van der Waals surface area contributed by atoms with Crippen molar-refractivity contribution in [1.29, 1.82) is 0 Å². The largest absolute Gasteiger partial charge is 0.544 e. The molecular formula is C29H52OSi. The van der Waals surface area contributed by atoms with E-state index in [4.69, 9.17) is 4.43 Å². The van der Waals surface area contributed by atoms with E-state index >= 15 is 0 Å². The molecule has 1 aromatic carbocycles. The van der Waals surface area contributed by atoms with E-state index in [1.54, 1.807) is 0 Å². The Hall–Kier alpha value is -1.02. The van der Waals surface area contributed by atoms with Crippen LogP contribution in [0.25, 0.3) is 0 Å². The second-order valence-corrected chi connectivity index (χ2v) is 14.2. The summed E-state index contributed by atoms with van der Waals surface area (Å²) >= 11 is 0. The molecule has 0 aliphatic heterocycles. The highest BCUT2D eigenvalue weighted by Crippen LogP contribution is 2.25. The molecule has 0 bridgehead atoms. The summed E-state index contributed by atoms with van der Waals surface area (Å²) in [7, 11) is -1.65. The monoisotopic (exact) mass is 444 g/mol. The zero-order valence-corrected chi connectivity index (χ0v) is 22.2. The van der Waals surface area contributed by atoms with Crippen LogP contribution in [0.1, 0.15) is 115 Å². The molecule has 0 saturated carbocycles. The zero-order chi connectivity index (χ0) is 22.6. The van der Waals surface area contributed by atoms with Crippen LogP contribution < -0.4 is 4.43 Å². The van der Waals surface area contributed by atoms with Crippen molar-refractivity contribution in [2.45, 2.75) is 135 Å². The Morgan fingerprint density at radius 3 is 1.65 bits per heavy atom. The van der Waals surface area contributed by atoms with Gasteiger partial charge in [-0.05, 0) is 37.2 Å². The van der Waals surface area contributed by atoms with E-state index in [2.05, 4.69) is 50.9 Å². The third-order valence-corrected chi connectivity index (χ3v) is 8.69.